The topological polar surface area (TPSA) is 94.8 Å². The number of aliphatic hydroxyl groups excluding tert-OH is 1. The molecule has 0 aliphatic carbocycles. The highest BCUT2D eigenvalue weighted by molar-refractivity contribution is 5.98. The number of carboxylic acid groups (broad SMARTS) is 2. The minimum atomic E-state index is -1.29. The van der Waals surface area contributed by atoms with Crippen LogP contribution in [0, 0.1) is 0 Å². The zero-order valence-corrected chi connectivity index (χ0v) is 8.15. The van der Waals surface area contributed by atoms with Crippen LogP contribution in [0.25, 0.3) is 0 Å². The van der Waals surface area contributed by atoms with Crippen molar-refractivity contribution >= 4 is 11.9 Å². The van der Waals surface area contributed by atoms with Gasteiger partial charge in [-0.15, -0.1) is 0 Å². The molecule has 14 heavy (non-hydrogen) atoms. The Morgan fingerprint density at radius 3 is 1.79 bits per heavy atom. The summed E-state index contributed by atoms with van der Waals surface area (Å²) in [5.41, 5.74) is -0.381. The Morgan fingerprint density at radius 1 is 1.14 bits per heavy atom. The van der Waals surface area contributed by atoms with Crippen LogP contribution in [0.5, 0.6) is 0 Å². The van der Waals surface area contributed by atoms with Gasteiger partial charge in [-0.05, 0) is 13.3 Å². The molecular formula is C9H14O5. The maximum absolute atomic E-state index is 10.7. The molecule has 5 nitrogen and oxygen atoms in total. The van der Waals surface area contributed by atoms with Crippen LogP contribution in [0.3, 0.4) is 0 Å². The predicted octanol–water partition coefficient (Wildman–Crippen LogP) is 0.633. The molecule has 0 spiro atoms. The van der Waals surface area contributed by atoms with Crippen molar-refractivity contribution in [2.75, 3.05) is 0 Å². The molecule has 0 heterocycles. The van der Waals surface area contributed by atoms with Gasteiger partial charge in [0.05, 0.1) is 6.10 Å². The molecule has 1 atom stereocenters. The summed E-state index contributed by atoms with van der Waals surface area (Å²) in [5, 5.41) is 26.5. The standard InChI is InChI=1S/C9H14O5/c1-3-6(8(11)12)7(9(13)14)4-5(2)10/h5,10H,3-4H2,1-2H3,(H,11,12)(H,13,14)/b7-6+. The van der Waals surface area contributed by atoms with E-state index in [2.05, 4.69) is 0 Å². The lowest BCUT2D eigenvalue weighted by atomic mass is 10.0. The van der Waals surface area contributed by atoms with Gasteiger partial charge in [0, 0.05) is 17.6 Å². The maximum Gasteiger partial charge on any atom is 0.332 e. The highest BCUT2D eigenvalue weighted by Gasteiger charge is 2.19. The van der Waals surface area contributed by atoms with Gasteiger partial charge in [0.25, 0.3) is 0 Å². The van der Waals surface area contributed by atoms with Crippen LogP contribution in [-0.2, 0) is 9.59 Å². The van der Waals surface area contributed by atoms with E-state index in [0.29, 0.717) is 0 Å². The molecule has 0 aliphatic heterocycles. The number of carbonyl (C=O) groups is 2. The van der Waals surface area contributed by atoms with E-state index in [4.69, 9.17) is 15.3 Å². The lowest BCUT2D eigenvalue weighted by Gasteiger charge is -2.08. The lowest BCUT2D eigenvalue weighted by Crippen LogP contribution is -2.15. The van der Waals surface area contributed by atoms with Crippen molar-refractivity contribution in [3.8, 4) is 0 Å². The smallest absolute Gasteiger partial charge is 0.332 e. The summed E-state index contributed by atoms with van der Waals surface area (Å²) in [6.07, 6.45) is -0.879. The first kappa shape index (κ1) is 12.6. The third kappa shape index (κ3) is 3.57. The Bertz CT molecular complexity index is 264. The summed E-state index contributed by atoms with van der Waals surface area (Å²) in [4.78, 5) is 21.4. The zero-order valence-electron chi connectivity index (χ0n) is 8.15. The lowest BCUT2D eigenvalue weighted by molar-refractivity contribution is -0.136. The molecule has 0 rings (SSSR count). The van der Waals surface area contributed by atoms with Crippen LogP contribution >= 0.6 is 0 Å². The average Bonchev–Trinajstić information content (AvgIpc) is 2.02. The SMILES string of the molecule is CC/C(C(=O)O)=C(/CC(C)O)C(=O)O. The summed E-state index contributed by atoms with van der Waals surface area (Å²) in [6.45, 7) is 2.98. The van der Waals surface area contributed by atoms with Crippen molar-refractivity contribution in [1.29, 1.82) is 0 Å². The van der Waals surface area contributed by atoms with Crippen molar-refractivity contribution in [3.63, 3.8) is 0 Å². The van der Waals surface area contributed by atoms with Gasteiger partial charge in [0.2, 0.25) is 0 Å². The fourth-order valence-electron chi connectivity index (χ4n) is 1.13. The van der Waals surface area contributed by atoms with Crippen molar-refractivity contribution in [2.45, 2.75) is 32.8 Å². The number of hydrogen-bond donors (Lipinski definition) is 3. The van der Waals surface area contributed by atoms with Crippen molar-refractivity contribution in [3.05, 3.63) is 11.1 Å². The van der Waals surface area contributed by atoms with Crippen molar-refractivity contribution in [2.24, 2.45) is 0 Å². The average molecular weight is 202 g/mol. The Morgan fingerprint density at radius 2 is 1.57 bits per heavy atom. The van der Waals surface area contributed by atoms with E-state index < -0.39 is 18.0 Å². The minimum Gasteiger partial charge on any atom is -0.478 e. The van der Waals surface area contributed by atoms with Crippen LogP contribution in [0.2, 0.25) is 0 Å². The fourth-order valence-corrected chi connectivity index (χ4v) is 1.13. The molecule has 0 amide bonds. The predicted molar refractivity (Wildman–Crippen MR) is 48.9 cm³/mol. The van der Waals surface area contributed by atoms with E-state index in [1.165, 1.54) is 6.92 Å². The molecule has 5 heteroatoms. The van der Waals surface area contributed by atoms with Gasteiger partial charge in [-0.2, -0.15) is 0 Å². The molecule has 3 N–H and O–H groups in total. The molecule has 0 aromatic heterocycles. The van der Waals surface area contributed by atoms with Crippen molar-refractivity contribution < 1.29 is 24.9 Å². The molecule has 0 fully saturated rings. The van der Waals surface area contributed by atoms with Gasteiger partial charge >= 0.3 is 11.9 Å². The van der Waals surface area contributed by atoms with Crippen molar-refractivity contribution in [1.82, 2.24) is 0 Å². The van der Waals surface area contributed by atoms with Crippen LogP contribution in [-0.4, -0.2) is 33.4 Å². The third-order valence-electron chi connectivity index (χ3n) is 1.73. The minimum absolute atomic E-state index is 0.129. The monoisotopic (exact) mass is 202 g/mol. The normalized spacial score (nSPS) is 14.5. The van der Waals surface area contributed by atoms with Gasteiger partial charge < -0.3 is 15.3 Å². The Balaban J connectivity index is 5.10. The summed E-state index contributed by atoms with van der Waals surface area (Å²) in [6, 6.07) is 0. The molecule has 0 aromatic rings. The largest absolute Gasteiger partial charge is 0.478 e. The second kappa shape index (κ2) is 5.39. The Hall–Kier alpha value is -1.36. The molecule has 80 valence electrons. The summed E-state index contributed by atoms with van der Waals surface area (Å²) in [7, 11) is 0. The van der Waals surface area contributed by atoms with Gasteiger partial charge in [-0.3, -0.25) is 0 Å². The van der Waals surface area contributed by atoms with E-state index >= 15 is 0 Å². The quantitative estimate of drug-likeness (QED) is 0.568. The maximum atomic E-state index is 10.7. The fraction of sp³-hybridized carbons (Fsp3) is 0.556. The Kier molecular flexibility index (Phi) is 4.86. The summed E-state index contributed by atoms with van der Waals surface area (Å²) < 4.78 is 0. The van der Waals surface area contributed by atoms with E-state index in [0.717, 1.165) is 0 Å². The second-order valence-electron chi connectivity index (χ2n) is 2.97. The van der Waals surface area contributed by atoms with Gasteiger partial charge in [0.15, 0.2) is 0 Å². The van der Waals surface area contributed by atoms with Crippen LogP contribution in [0.1, 0.15) is 26.7 Å². The van der Waals surface area contributed by atoms with E-state index in [9.17, 15) is 9.59 Å². The first-order valence-corrected chi connectivity index (χ1v) is 4.26. The first-order chi connectivity index (χ1) is 6.40. The molecule has 0 bridgehead atoms. The number of carboxylic acids is 2. The van der Waals surface area contributed by atoms with Crippen LogP contribution in [0.4, 0.5) is 0 Å². The molecule has 1 unspecified atom stereocenters. The zero-order chi connectivity index (χ0) is 11.3. The summed E-state index contributed by atoms with van der Waals surface area (Å²) in [5.74, 6) is -2.53. The van der Waals surface area contributed by atoms with Gasteiger partial charge in [-0.1, -0.05) is 6.92 Å². The molecule has 0 radical (unpaired) electrons. The van der Waals surface area contributed by atoms with Gasteiger partial charge in [0.1, 0.15) is 0 Å². The van der Waals surface area contributed by atoms with E-state index in [1.807, 2.05) is 0 Å². The molecule has 0 aliphatic rings. The second-order valence-corrected chi connectivity index (χ2v) is 2.97. The third-order valence-corrected chi connectivity index (χ3v) is 1.73. The summed E-state index contributed by atoms with van der Waals surface area (Å²) >= 11 is 0. The highest BCUT2D eigenvalue weighted by atomic mass is 16.4. The number of aliphatic hydroxyl groups is 1. The highest BCUT2D eigenvalue weighted by Crippen LogP contribution is 2.15. The molecule has 0 saturated heterocycles. The first-order valence-electron chi connectivity index (χ1n) is 4.26. The molecule has 0 saturated carbocycles. The molecular weight excluding hydrogens is 188 g/mol. The molecule has 0 aromatic carbocycles. The van der Waals surface area contributed by atoms with Gasteiger partial charge in [-0.25, -0.2) is 9.59 Å². The number of aliphatic carboxylic acids is 2. The Labute approximate surface area is 81.7 Å². The number of rotatable bonds is 5. The van der Waals surface area contributed by atoms with Crippen LogP contribution < -0.4 is 0 Å². The van der Waals surface area contributed by atoms with Crippen LogP contribution in [0.15, 0.2) is 11.1 Å². The van der Waals surface area contributed by atoms with E-state index in [1.54, 1.807) is 6.92 Å². The van der Waals surface area contributed by atoms with E-state index in [-0.39, 0.29) is 24.0 Å². The number of hydrogen-bond acceptors (Lipinski definition) is 3.